The van der Waals surface area contributed by atoms with E-state index in [1.807, 2.05) is 0 Å². The zero-order valence-corrected chi connectivity index (χ0v) is 10.7. The van der Waals surface area contributed by atoms with Gasteiger partial charge in [0.25, 0.3) is 0 Å². The number of methoxy groups -OCH3 is 2. The molecule has 1 saturated carbocycles. The lowest BCUT2D eigenvalue weighted by Gasteiger charge is -2.40. The van der Waals surface area contributed by atoms with Crippen molar-refractivity contribution in [3.8, 4) is 0 Å². The average Bonchev–Trinajstić information content (AvgIpc) is 2.28. The Morgan fingerprint density at radius 2 is 2.00 bits per heavy atom. The van der Waals surface area contributed by atoms with Crippen LogP contribution in [0.1, 0.15) is 19.3 Å². The number of hydrogen-bond acceptors (Lipinski definition) is 4. The van der Waals surface area contributed by atoms with Crippen LogP contribution >= 0.6 is 0 Å². The molecule has 18 heavy (non-hydrogen) atoms. The Morgan fingerprint density at radius 3 is 2.39 bits per heavy atom. The van der Waals surface area contributed by atoms with E-state index >= 15 is 0 Å². The van der Waals surface area contributed by atoms with Crippen molar-refractivity contribution < 1.29 is 24.2 Å². The maximum Gasteiger partial charge on any atom is 0.334 e. The lowest BCUT2D eigenvalue weighted by Crippen LogP contribution is -2.52. The van der Waals surface area contributed by atoms with Crippen molar-refractivity contribution >= 4 is 12.0 Å². The fourth-order valence-corrected chi connectivity index (χ4v) is 1.78. The number of carboxylic acids is 1. The summed E-state index contributed by atoms with van der Waals surface area (Å²) in [6.07, 6.45) is 1.93. The van der Waals surface area contributed by atoms with Crippen LogP contribution in [0.4, 0.5) is 4.79 Å². The topological polar surface area (TPSA) is 96.9 Å². The maximum atomic E-state index is 11.5. The molecule has 7 nitrogen and oxygen atoms in total. The first kappa shape index (κ1) is 14.7. The molecule has 3 N–H and O–H groups in total. The SMILES string of the molecule is COC(CNC(=O)NCC1(OC)CCC1)C(=O)O. The molecule has 0 radical (unpaired) electrons. The number of carbonyl (C=O) groups excluding carboxylic acids is 1. The van der Waals surface area contributed by atoms with Crippen LogP contribution in [0, 0.1) is 0 Å². The molecule has 1 rings (SSSR count). The van der Waals surface area contributed by atoms with Crippen molar-refractivity contribution in [1.82, 2.24) is 10.6 Å². The van der Waals surface area contributed by atoms with Gasteiger partial charge >= 0.3 is 12.0 Å². The summed E-state index contributed by atoms with van der Waals surface area (Å²) in [5.41, 5.74) is -0.245. The van der Waals surface area contributed by atoms with Gasteiger partial charge in [0.05, 0.1) is 12.1 Å². The predicted molar refractivity (Wildman–Crippen MR) is 63.4 cm³/mol. The molecule has 2 amide bonds. The number of rotatable bonds is 7. The number of urea groups is 1. The highest BCUT2D eigenvalue weighted by Gasteiger charge is 2.37. The zero-order chi connectivity index (χ0) is 13.6. The molecule has 104 valence electrons. The second-order valence-electron chi connectivity index (χ2n) is 4.37. The largest absolute Gasteiger partial charge is 0.479 e. The Balaban J connectivity index is 2.23. The Morgan fingerprint density at radius 1 is 1.33 bits per heavy atom. The third-order valence-corrected chi connectivity index (χ3v) is 3.28. The zero-order valence-electron chi connectivity index (χ0n) is 10.7. The molecule has 0 aromatic rings. The van der Waals surface area contributed by atoms with Crippen LogP contribution in [-0.2, 0) is 14.3 Å². The van der Waals surface area contributed by atoms with E-state index in [9.17, 15) is 9.59 Å². The lowest BCUT2D eigenvalue weighted by atomic mass is 9.80. The van der Waals surface area contributed by atoms with Crippen LogP contribution < -0.4 is 10.6 Å². The maximum absolute atomic E-state index is 11.5. The summed E-state index contributed by atoms with van der Waals surface area (Å²) >= 11 is 0. The van der Waals surface area contributed by atoms with Crippen LogP contribution in [0.25, 0.3) is 0 Å². The normalized spacial score (nSPS) is 18.6. The van der Waals surface area contributed by atoms with Crippen LogP contribution in [0.5, 0.6) is 0 Å². The van der Waals surface area contributed by atoms with Crippen molar-refractivity contribution in [3.63, 3.8) is 0 Å². The third-order valence-electron chi connectivity index (χ3n) is 3.28. The highest BCUT2D eigenvalue weighted by molar-refractivity contribution is 5.76. The number of carbonyl (C=O) groups is 2. The summed E-state index contributed by atoms with van der Waals surface area (Å²) in [6, 6.07) is -0.415. The number of nitrogens with one attached hydrogen (secondary N) is 2. The van der Waals surface area contributed by atoms with Gasteiger partial charge in [-0.05, 0) is 19.3 Å². The summed E-state index contributed by atoms with van der Waals surface area (Å²) in [5, 5.41) is 13.8. The van der Waals surface area contributed by atoms with Gasteiger partial charge in [0.15, 0.2) is 6.10 Å². The Labute approximate surface area is 106 Å². The molecule has 0 aromatic carbocycles. The van der Waals surface area contributed by atoms with E-state index < -0.39 is 18.1 Å². The molecule has 0 aliphatic heterocycles. The first-order valence-electron chi connectivity index (χ1n) is 5.85. The first-order chi connectivity index (χ1) is 8.53. The van der Waals surface area contributed by atoms with Crippen LogP contribution in [-0.4, -0.2) is 56.1 Å². The van der Waals surface area contributed by atoms with E-state index in [0.29, 0.717) is 6.54 Å². The molecular weight excluding hydrogens is 240 g/mol. The van der Waals surface area contributed by atoms with E-state index in [4.69, 9.17) is 14.6 Å². The third kappa shape index (κ3) is 3.85. The number of amides is 2. The fraction of sp³-hybridized carbons (Fsp3) is 0.818. The minimum atomic E-state index is -1.11. The summed E-state index contributed by atoms with van der Waals surface area (Å²) in [6.45, 7) is 0.359. The molecule has 0 aromatic heterocycles. The Bertz CT molecular complexity index is 298. The summed E-state index contributed by atoms with van der Waals surface area (Å²) < 4.78 is 10.0. The molecule has 7 heteroatoms. The van der Waals surface area contributed by atoms with Gasteiger partial charge in [0.2, 0.25) is 0 Å². The van der Waals surface area contributed by atoms with Gasteiger partial charge in [-0.2, -0.15) is 0 Å². The molecular formula is C11H20N2O5. The minimum absolute atomic E-state index is 0.0718. The minimum Gasteiger partial charge on any atom is -0.479 e. The number of aliphatic carboxylic acids is 1. The predicted octanol–water partition coefficient (Wildman–Crippen LogP) is -0.0457. The molecule has 1 aliphatic rings. The van der Waals surface area contributed by atoms with E-state index in [1.165, 1.54) is 7.11 Å². The van der Waals surface area contributed by atoms with E-state index in [2.05, 4.69) is 10.6 Å². The van der Waals surface area contributed by atoms with Gasteiger partial charge in [-0.3, -0.25) is 0 Å². The number of carboxylic acid groups (broad SMARTS) is 1. The van der Waals surface area contributed by atoms with E-state index in [0.717, 1.165) is 19.3 Å². The van der Waals surface area contributed by atoms with Crippen molar-refractivity contribution in [3.05, 3.63) is 0 Å². The van der Waals surface area contributed by atoms with E-state index in [1.54, 1.807) is 7.11 Å². The quantitative estimate of drug-likeness (QED) is 0.596. The molecule has 0 saturated heterocycles. The van der Waals surface area contributed by atoms with Gasteiger partial charge in [-0.15, -0.1) is 0 Å². The fourth-order valence-electron chi connectivity index (χ4n) is 1.78. The Kier molecular flexibility index (Phi) is 5.36. The number of ether oxygens (including phenoxy) is 2. The smallest absolute Gasteiger partial charge is 0.334 e. The van der Waals surface area contributed by atoms with Crippen LogP contribution in [0.3, 0.4) is 0 Å². The van der Waals surface area contributed by atoms with Crippen LogP contribution in [0.15, 0.2) is 0 Å². The molecule has 0 spiro atoms. The molecule has 1 fully saturated rings. The van der Waals surface area contributed by atoms with Crippen molar-refractivity contribution in [2.75, 3.05) is 27.3 Å². The van der Waals surface area contributed by atoms with Crippen LogP contribution in [0.2, 0.25) is 0 Å². The molecule has 1 aliphatic carbocycles. The van der Waals surface area contributed by atoms with Gasteiger partial charge < -0.3 is 25.2 Å². The van der Waals surface area contributed by atoms with Gasteiger partial charge in [0, 0.05) is 20.8 Å². The second kappa shape index (κ2) is 6.55. The summed E-state index contributed by atoms with van der Waals surface area (Å²) in [7, 11) is 2.91. The highest BCUT2D eigenvalue weighted by atomic mass is 16.5. The van der Waals surface area contributed by atoms with Crippen molar-refractivity contribution in [2.24, 2.45) is 0 Å². The number of hydrogen-bond donors (Lipinski definition) is 3. The van der Waals surface area contributed by atoms with Crippen molar-refractivity contribution in [2.45, 2.75) is 31.0 Å². The molecule has 0 bridgehead atoms. The van der Waals surface area contributed by atoms with Gasteiger partial charge in [-0.1, -0.05) is 0 Å². The monoisotopic (exact) mass is 260 g/mol. The van der Waals surface area contributed by atoms with Crippen molar-refractivity contribution in [1.29, 1.82) is 0 Å². The van der Waals surface area contributed by atoms with Gasteiger partial charge in [0.1, 0.15) is 0 Å². The second-order valence-corrected chi connectivity index (χ2v) is 4.37. The summed E-state index contributed by atoms with van der Waals surface area (Å²) in [4.78, 5) is 22.1. The standard InChI is InChI=1S/C11H20N2O5/c1-17-8(9(14)15)6-12-10(16)13-7-11(18-2)4-3-5-11/h8H,3-7H2,1-2H3,(H,14,15)(H2,12,13,16). The highest BCUT2D eigenvalue weighted by Crippen LogP contribution is 2.34. The average molecular weight is 260 g/mol. The first-order valence-corrected chi connectivity index (χ1v) is 5.85. The summed E-state index contributed by atoms with van der Waals surface area (Å²) in [5.74, 6) is -1.11. The molecule has 1 unspecified atom stereocenters. The molecule has 0 heterocycles. The van der Waals surface area contributed by atoms with Gasteiger partial charge in [-0.25, -0.2) is 9.59 Å². The van der Waals surface area contributed by atoms with E-state index in [-0.39, 0.29) is 12.1 Å². The molecule has 1 atom stereocenters. The lowest BCUT2D eigenvalue weighted by molar-refractivity contribution is -0.148. The Hall–Kier alpha value is -1.34.